The Hall–Kier alpha value is -3.02. The van der Waals surface area contributed by atoms with E-state index in [4.69, 9.17) is 9.15 Å². The summed E-state index contributed by atoms with van der Waals surface area (Å²) in [5.41, 5.74) is 2.13. The fourth-order valence-corrected chi connectivity index (χ4v) is 3.37. The molecule has 1 amide bonds. The molecule has 1 atom stereocenters. The number of hydrogen-bond acceptors (Lipinski definition) is 5. The van der Waals surface area contributed by atoms with E-state index in [0.29, 0.717) is 5.76 Å². The fourth-order valence-electron chi connectivity index (χ4n) is 3.37. The number of esters is 1. The Morgan fingerprint density at radius 3 is 2.52 bits per heavy atom. The molecule has 0 bridgehead atoms. The minimum Gasteiger partial charge on any atom is -0.467 e. The van der Waals surface area contributed by atoms with Crippen LogP contribution >= 0.6 is 0 Å². The molecule has 0 unspecified atom stereocenters. The summed E-state index contributed by atoms with van der Waals surface area (Å²) >= 11 is 0. The van der Waals surface area contributed by atoms with Crippen LogP contribution in [-0.4, -0.2) is 31.6 Å². The van der Waals surface area contributed by atoms with Gasteiger partial charge < -0.3 is 19.4 Å². The van der Waals surface area contributed by atoms with Gasteiger partial charge in [0.05, 0.1) is 12.3 Å². The van der Waals surface area contributed by atoms with Gasteiger partial charge in [0.25, 0.3) is 5.91 Å². The molecule has 2 heterocycles. The van der Waals surface area contributed by atoms with E-state index >= 15 is 0 Å². The second-order valence-electron chi connectivity index (χ2n) is 7.24. The summed E-state index contributed by atoms with van der Waals surface area (Å²) in [5.74, 6) is -0.284. The molecule has 154 valence electrons. The number of hydrogen-bond donors (Lipinski definition) is 1. The topological polar surface area (TPSA) is 71.8 Å². The van der Waals surface area contributed by atoms with Crippen LogP contribution in [-0.2, 0) is 14.3 Å². The molecule has 2 aromatic rings. The van der Waals surface area contributed by atoms with Crippen LogP contribution in [0.1, 0.15) is 50.0 Å². The SMILES string of the molecule is C[C@H](NC(=O)COC(=O)/C=C/c1ccc(N2CCCCCC2)cc1)c1ccco1. The average Bonchev–Trinajstić information content (AvgIpc) is 3.14. The summed E-state index contributed by atoms with van der Waals surface area (Å²) in [7, 11) is 0. The summed E-state index contributed by atoms with van der Waals surface area (Å²) in [6.07, 6.45) is 9.66. The van der Waals surface area contributed by atoms with Crippen LogP contribution in [0.25, 0.3) is 6.08 Å². The highest BCUT2D eigenvalue weighted by molar-refractivity contribution is 5.89. The van der Waals surface area contributed by atoms with E-state index in [2.05, 4.69) is 22.3 Å². The third-order valence-corrected chi connectivity index (χ3v) is 4.97. The number of carbonyl (C=O) groups excluding carboxylic acids is 2. The third-order valence-electron chi connectivity index (χ3n) is 4.97. The first-order valence-corrected chi connectivity index (χ1v) is 10.1. The highest BCUT2D eigenvalue weighted by atomic mass is 16.5. The fraction of sp³-hybridized carbons (Fsp3) is 0.391. The van der Waals surface area contributed by atoms with E-state index in [1.807, 2.05) is 12.1 Å². The van der Waals surface area contributed by atoms with Crippen molar-refractivity contribution in [3.8, 4) is 0 Å². The summed E-state index contributed by atoms with van der Waals surface area (Å²) in [6.45, 7) is 3.67. The second kappa shape index (κ2) is 10.5. The van der Waals surface area contributed by atoms with Gasteiger partial charge in [-0.15, -0.1) is 0 Å². The van der Waals surface area contributed by atoms with Crippen molar-refractivity contribution in [2.75, 3.05) is 24.6 Å². The highest BCUT2D eigenvalue weighted by Crippen LogP contribution is 2.20. The van der Waals surface area contributed by atoms with Crippen molar-refractivity contribution in [1.29, 1.82) is 0 Å². The lowest BCUT2D eigenvalue weighted by Gasteiger charge is -2.22. The predicted molar refractivity (Wildman–Crippen MR) is 112 cm³/mol. The molecule has 0 spiro atoms. The van der Waals surface area contributed by atoms with E-state index < -0.39 is 5.97 Å². The molecule has 6 nitrogen and oxygen atoms in total. The largest absolute Gasteiger partial charge is 0.467 e. The van der Waals surface area contributed by atoms with Crippen LogP contribution in [0.2, 0.25) is 0 Å². The molecule has 1 N–H and O–H groups in total. The summed E-state index contributed by atoms with van der Waals surface area (Å²) in [6, 6.07) is 11.4. The van der Waals surface area contributed by atoms with Crippen LogP contribution in [0.4, 0.5) is 5.69 Å². The number of ether oxygens (including phenoxy) is 1. The predicted octanol–water partition coefficient (Wildman–Crippen LogP) is 4.09. The van der Waals surface area contributed by atoms with Crippen molar-refractivity contribution in [2.24, 2.45) is 0 Å². The molecule has 0 saturated carbocycles. The van der Waals surface area contributed by atoms with E-state index in [9.17, 15) is 9.59 Å². The van der Waals surface area contributed by atoms with E-state index in [0.717, 1.165) is 18.7 Å². The second-order valence-corrected chi connectivity index (χ2v) is 7.24. The first-order chi connectivity index (χ1) is 14.1. The van der Waals surface area contributed by atoms with Crippen molar-refractivity contribution in [3.05, 3.63) is 60.1 Å². The normalized spacial score (nSPS) is 15.7. The van der Waals surface area contributed by atoms with Gasteiger partial charge in [-0.2, -0.15) is 0 Å². The van der Waals surface area contributed by atoms with Crippen LogP contribution in [0.15, 0.2) is 53.2 Å². The Morgan fingerprint density at radius 2 is 1.86 bits per heavy atom. The smallest absolute Gasteiger partial charge is 0.331 e. The lowest BCUT2D eigenvalue weighted by atomic mass is 10.1. The van der Waals surface area contributed by atoms with Gasteiger partial charge >= 0.3 is 5.97 Å². The number of anilines is 1. The minimum absolute atomic E-state index is 0.283. The standard InChI is InChI=1S/C23H28N2O4/c1-18(21-7-6-16-28-21)24-22(26)17-29-23(27)13-10-19-8-11-20(12-9-19)25-14-4-2-3-5-15-25/h6-13,16,18H,2-5,14-15,17H2,1H3,(H,24,26)/b13-10+/t18-/m0/s1. The zero-order chi connectivity index (χ0) is 20.5. The van der Waals surface area contributed by atoms with Crippen LogP contribution in [0, 0.1) is 0 Å². The number of benzene rings is 1. The van der Waals surface area contributed by atoms with Crippen LogP contribution in [0.3, 0.4) is 0 Å². The van der Waals surface area contributed by atoms with Gasteiger partial charge in [0.2, 0.25) is 0 Å². The molecule has 3 rings (SSSR count). The Kier molecular flexibility index (Phi) is 7.50. The number of furan rings is 1. The van der Waals surface area contributed by atoms with Crippen molar-refractivity contribution in [2.45, 2.75) is 38.6 Å². The van der Waals surface area contributed by atoms with Gasteiger partial charge in [-0.1, -0.05) is 25.0 Å². The monoisotopic (exact) mass is 396 g/mol. The molecule has 1 fully saturated rings. The van der Waals surface area contributed by atoms with Crippen molar-refractivity contribution >= 4 is 23.6 Å². The molecule has 0 aliphatic carbocycles. The number of nitrogens with zero attached hydrogens (tertiary/aromatic N) is 1. The molecule has 1 aliphatic rings. The number of nitrogens with one attached hydrogen (secondary N) is 1. The zero-order valence-electron chi connectivity index (χ0n) is 16.8. The number of amides is 1. The number of rotatable bonds is 7. The minimum atomic E-state index is -0.553. The molecular formula is C23H28N2O4. The lowest BCUT2D eigenvalue weighted by molar-refractivity contribution is -0.144. The van der Waals surface area contributed by atoms with Crippen molar-refractivity contribution < 1.29 is 18.7 Å². The maximum Gasteiger partial charge on any atom is 0.331 e. The molecule has 6 heteroatoms. The third kappa shape index (κ3) is 6.52. The van der Waals surface area contributed by atoms with Gasteiger partial charge in [0.1, 0.15) is 5.76 Å². The van der Waals surface area contributed by atoms with E-state index in [1.165, 1.54) is 37.4 Å². The first kappa shape index (κ1) is 20.7. The molecule has 1 aromatic heterocycles. The quantitative estimate of drug-likeness (QED) is 0.564. The van der Waals surface area contributed by atoms with Gasteiger partial charge in [0.15, 0.2) is 6.61 Å². The maximum atomic E-state index is 11.9. The van der Waals surface area contributed by atoms with E-state index in [1.54, 1.807) is 31.4 Å². The van der Waals surface area contributed by atoms with Crippen molar-refractivity contribution in [1.82, 2.24) is 5.32 Å². The molecular weight excluding hydrogens is 368 g/mol. The Morgan fingerprint density at radius 1 is 1.14 bits per heavy atom. The maximum absolute atomic E-state index is 11.9. The summed E-state index contributed by atoms with van der Waals surface area (Å²) < 4.78 is 10.2. The van der Waals surface area contributed by atoms with Gasteiger partial charge in [-0.3, -0.25) is 4.79 Å². The highest BCUT2D eigenvalue weighted by Gasteiger charge is 2.13. The Bertz CT molecular complexity index is 804. The molecule has 1 aliphatic heterocycles. The molecule has 1 saturated heterocycles. The summed E-state index contributed by atoms with van der Waals surface area (Å²) in [5, 5.41) is 2.71. The summed E-state index contributed by atoms with van der Waals surface area (Å²) in [4.78, 5) is 26.2. The molecule has 0 radical (unpaired) electrons. The van der Waals surface area contributed by atoms with Gasteiger partial charge in [-0.25, -0.2) is 4.79 Å². The Balaban J connectivity index is 1.43. The Labute approximate surface area is 171 Å². The molecule has 29 heavy (non-hydrogen) atoms. The first-order valence-electron chi connectivity index (χ1n) is 10.1. The van der Waals surface area contributed by atoms with Crippen LogP contribution < -0.4 is 10.2 Å². The van der Waals surface area contributed by atoms with Crippen LogP contribution in [0.5, 0.6) is 0 Å². The zero-order valence-corrected chi connectivity index (χ0v) is 16.8. The number of carbonyl (C=O) groups is 2. The van der Waals surface area contributed by atoms with Gasteiger partial charge in [-0.05, 0) is 55.7 Å². The van der Waals surface area contributed by atoms with Gasteiger partial charge in [0, 0.05) is 24.9 Å². The van der Waals surface area contributed by atoms with Crippen molar-refractivity contribution in [3.63, 3.8) is 0 Å². The lowest BCUT2D eigenvalue weighted by Crippen LogP contribution is -2.30. The van der Waals surface area contributed by atoms with E-state index in [-0.39, 0.29) is 18.6 Å². The molecule has 1 aromatic carbocycles. The average molecular weight is 396 g/mol.